The maximum absolute atomic E-state index is 13.4. The number of amides is 1. The fourth-order valence-corrected chi connectivity index (χ4v) is 5.22. The van der Waals surface area contributed by atoms with Crippen molar-refractivity contribution in [2.45, 2.75) is 32.5 Å². The van der Waals surface area contributed by atoms with Crippen LogP contribution in [0, 0.1) is 6.92 Å². The maximum Gasteiger partial charge on any atom is 0.326 e. The number of carboxylic acids is 1. The molecule has 0 spiro atoms. The van der Waals surface area contributed by atoms with Crippen molar-refractivity contribution in [3.8, 4) is 11.1 Å². The van der Waals surface area contributed by atoms with Gasteiger partial charge in [0.15, 0.2) is 0 Å². The molecule has 0 fully saturated rings. The Morgan fingerprint density at radius 3 is 2.20 bits per heavy atom. The molecule has 7 heteroatoms. The van der Waals surface area contributed by atoms with Crippen molar-refractivity contribution in [2.75, 3.05) is 16.9 Å². The van der Waals surface area contributed by atoms with Crippen molar-refractivity contribution >= 4 is 40.9 Å². The number of halogens is 1. The fourth-order valence-electron chi connectivity index (χ4n) is 4.62. The van der Waals surface area contributed by atoms with Crippen molar-refractivity contribution in [1.29, 1.82) is 0 Å². The van der Waals surface area contributed by atoms with Crippen LogP contribution >= 0.6 is 23.4 Å². The number of carboxylic acid groups (broad SMARTS) is 1. The Morgan fingerprint density at radius 1 is 0.875 bits per heavy atom. The Hall–Kier alpha value is -3.74. The molecule has 206 valence electrons. The molecule has 0 bridgehead atoms. The molecule has 40 heavy (non-hydrogen) atoms. The van der Waals surface area contributed by atoms with Gasteiger partial charge in [-0.25, -0.2) is 4.79 Å². The standard InChI is InChI=1S/C33H33ClN2O3S/c1-23-8-6-7-11-28(23)30-20-25(14-17-29(30)32(37)35-31(33(38)39)18-19-40-2)22-36(27-9-4-3-5-10-27)21-24-12-15-26(34)16-13-24/h3-17,20,31H,18-19,21-22H2,1-2H3,(H,35,37)(H,38,39). The van der Waals surface area contributed by atoms with E-state index in [1.807, 2.05) is 98.1 Å². The van der Waals surface area contributed by atoms with Gasteiger partial charge < -0.3 is 15.3 Å². The lowest BCUT2D eigenvalue weighted by molar-refractivity contribution is -0.139. The molecule has 0 radical (unpaired) electrons. The minimum absolute atomic E-state index is 0.358. The van der Waals surface area contributed by atoms with Crippen LogP contribution in [0.3, 0.4) is 0 Å². The van der Waals surface area contributed by atoms with Gasteiger partial charge in [-0.1, -0.05) is 72.3 Å². The molecule has 4 aromatic carbocycles. The van der Waals surface area contributed by atoms with E-state index in [1.54, 1.807) is 11.8 Å². The topological polar surface area (TPSA) is 69.6 Å². The second kappa shape index (κ2) is 14.1. The summed E-state index contributed by atoms with van der Waals surface area (Å²) in [5, 5.41) is 13.1. The highest BCUT2D eigenvalue weighted by Gasteiger charge is 2.23. The quantitative estimate of drug-likeness (QED) is 0.184. The lowest BCUT2D eigenvalue weighted by atomic mass is 9.93. The third kappa shape index (κ3) is 7.68. The molecule has 0 aliphatic carbocycles. The minimum atomic E-state index is -1.03. The largest absolute Gasteiger partial charge is 0.480 e. The number of carbonyl (C=O) groups is 2. The summed E-state index contributed by atoms with van der Waals surface area (Å²) in [4.78, 5) is 27.6. The van der Waals surface area contributed by atoms with Crippen LogP contribution in [0.1, 0.15) is 33.5 Å². The van der Waals surface area contributed by atoms with Gasteiger partial charge in [-0.2, -0.15) is 11.8 Å². The van der Waals surface area contributed by atoms with Crippen LogP contribution in [0.5, 0.6) is 0 Å². The molecule has 2 N–H and O–H groups in total. The second-order valence-electron chi connectivity index (χ2n) is 9.66. The highest BCUT2D eigenvalue weighted by atomic mass is 35.5. The Labute approximate surface area is 245 Å². The zero-order chi connectivity index (χ0) is 28.5. The third-order valence-electron chi connectivity index (χ3n) is 6.76. The van der Waals surface area contributed by atoms with E-state index < -0.39 is 12.0 Å². The fraction of sp³-hybridized carbons (Fsp3) is 0.212. The molecule has 4 aromatic rings. The number of aryl methyl sites for hydroxylation is 1. The van der Waals surface area contributed by atoms with Crippen molar-refractivity contribution in [3.63, 3.8) is 0 Å². The second-order valence-corrected chi connectivity index (χ2v) is 11.1. The van der Waals surface area contributed by atoms with Crippen LogP contribution in [0.25, 0.3) is 11.1 Å². The summed E-state index contributed by atoms with van der Waals surface area (Å²) < 4.78 is 0. The molecular weight excluding hydrogens is 540 g/mol. The molecule has 0 aromatic heterocycles. The van der Waals surface area contributed by atoms with Crippen LogP contribution in [0.15, 0.2) is 97.1 Å². The molecule has 0 saturated carbocycles. The normalized spacial score (nSPS) is 11.6. The van der Waals surface area contributed by atoms with Gasteiger partial charge in [-0.3, -0.25) is 4.79 Å². The Bertz CT molecular complexity index is 1440. The first-order valence-electron chi connectivity index (χ1n) is 13.1. The van der Waals surface area contributed by atoms with Gasteiger partial charge in [-0.15, -0.1) is 0 Å². The summed E-state index contributed by atoms with van der Waals surface area (Å²) in [6.45, 7) is 3.30. The molecule has 1 unspecified atom stereocenters. The van der Waals surface area contributed by atoms with Crippen molar-refractivity contribution in [3.05, 3.63) is 124 Å². The Balaban J connectivity index is 1.70. The van der Waals surface area contributed by atoms with Crippen LogP contribution in [-0.4, -0.2) is 35.0 Å². The number of benzene rings is 4. The van der Waals surface area contributed by atoms with Gasteiger partial charge in [0.2, 0.25) is 0 Å². The number of anilines is 1. The maximum atomic E-state index is 13.4. The van der Waals surface area contributed by atoms with E-state index in [-0.39, 0.29) is 5.91 Å². The van der Waals surface area contributed by atoms with E-state index in [0.29, 0.717) is 35.8 Å². The zero-order valence-corrected chi connectivity index (χ0v) is 24.2. The SMILES string of the molecule is CSCCC(NC(=O)c1ccc(CN(Cc2ccc(Cl)cc2)c2ccccc2)cc1-c1ccccc1C)C(=O)O. The van der Waals surface area contributed by atoms with Gasteiger partial charge in [0, 0.05) is 29.4 Å². The predicted octanol–water partition coefficient (Wildman–Crippen LogP) is 7.46. The lowest BCUT2D eigenvalue weighted by Crippen LogP contribution is -2.41. The summed E-state index contributed by atoms with van der Waals surface area (Å²) in [7, 11) is 0. The number of nitrogens with zero attached hydrogens (tertiary/aromatic N) is 1. The van der Waals surface area contributed by atoms with Crippen molar-refractivity contribution < 1.29 is 14.7 Å². The first kappa shape index (κ1) is 29.2. The number of rotatable bonds is 12. The number of nitrogens with one attached hydrogen (secondary N) is 1. The summed E-state index contributed by atoms with van der Waals surface area (Å²) >= 11 is 7.67. The van der Waals surface area contributed by atoms with Crippen molar-refractivity contribution in [2.24, 2.45) is 0 Å². The Kier molecular flexibility index (Phi) is 10.3. The van der Waals surface area contributed by atoms with E-state index in [1.165, 1.54) is 0 Å². The molecule has 0 aliphatic rings. The number of carbonyl (C=O) groups excluding carboxylic acids is 1. The van der Waals surface area contributed by atoms with Crippen LogP contribution in [0.4, 0.5) is 5.69 Å². The average Bonchev–Trinajstić information content (AvgIpc) is 2.96. The van der Waals surface area contributed by atoms with Gasteiger partial charge in [0.05, 0.1) is 0 Å². The number of aliphatic carboxylic acids is 1. The molecule has 0 heterocycles. The van der Waals surface area contributed by atoms with Crippen LogP contribution < -0.4 is 10.2 Å². The predicted molar refractivity (Wildman–Crippen MR) is 166 cm³/mol. The smallest absolute Gasteiger partial charge is 0.326 e. The van der Waals surface area contributed by atoms with E-state index >= 15 is 0 Å². The molecule has 4 rings (SSSR count). The molecule has 0 aliphatic heterocycles. The molecule has 1 amide bonds. The number of thioether (sulfide) groups is 1. The summed E-state index contributed by atoms with van der Waals surface area (Å²) in [6, 6.07) is 30.8. The molecule has 5 nitrogen and oxygen atoms in total. The highest BCUT2D eigenvalue weighted by molar-refractivity contribution is 7.98. The van der Waals surface area contributed by atoms with E-state index in [2.05, 4.69) is 22.3 Å². The lowest BCUT2D eigenvalue weighted by Gasteiger charge is -2.26. The van der Waals surface area contributed by atoms with Crippen LogP contribution in [0.2, 0.25) is 5.02 Å². The summed E-state index contributed by atoms with van der Waals surface area (Å²) in [5.41, 5.74) is 6.45. The van der Waals surface area contributed by atoms with Gasteiger partial charge in [0.25, 0.3) is 5.91 Å². The first-order valence-corrected chi connectivity index (χ1v) is 14.9. The van der Waals surface area contributed by atoms with Crippen molar-refractivity contribution in [1.82, 2.24) is 5.32 Å². The number of para-hydroxylation sites is 1. The first-order chi connectivity index (χ1) is 19.4. The monoisotopic (exact) mass is 572 g/mol. The summed E-state index contributed by atoms with van der Waals surface area (Å²) in [6.07, 6.45) is 2.28. The average molecular weight is 573 g/mol. The summed E-state index contributed by atoms with van der Waals surface area (Å²) in [5.74, 6) is -0.777. The van der Waals surface area contributed by atoms with Crippen LogP contribution in [-0.2, 0) is 17.9 Å². The minimum Gasteiger partial charge on any atom is -0.480 e. The van der Waals surface area contributed by atoms with E-state index in [9.17, 15) is 14.7 Å². The highest BCUT2D eigenvalue weighted by Crippen LogP contribution is 2.30. The van der Waals surface area contributed by atoms with Gasteiger partial charge in [-0.05, 0) is 89.6 Å². The number of hydrogen-bond acceptors (Lipinski definition) is 4. The molecule has 1 atom stereocenters. The molecular formula is C33H33ClN2O3S. The Morgan fingerprint density at radius 2 is 1.52 bits per heavy atom. The van der Waals surface area contributed by atoms with Gasteiger partial charge >= 0.3 is 5.97 Å². The van der Waals surface area contributed by atoms with Gasteiger partial charge in [0.1, 0.15) is 6.04 Å². The zero-order valence-electron chi connectivity index (χ0n) is 22.6. The third-order valence-corrected chi connectivity index (χ3v) is 7.66. The number of hydrogen-bond donors (Lipinski definition) is 2. The van der Waals surface area contributed by atoms with E-state index in [0.717, 1.165) is 33.5 Å². The molecule has 0 saturated heterocycles. The van der Waals surface area contributed by atoms with E-state index in [4.69, 9.17) is 11.6 Å².